The van der Waals surface area contributed by atoms with Gasteiger partial charge in [0.05, 0.1) is 7.11 Å². The van der Waals surface area contributed by atoms with Gasteiger partial charge in [0.15, 0.2) is 11.5 Å². The first-order valence-corrected chi connectivity index (χ1v) is 13.6. The molecule has 0 unspecified atom stereocenters. The van der Waals surface area contributed by atoms with Crippen LogP contribution < -0.4 is 19.5 Å². The zero-order valence-electron chi connectivity index (χ0n) is 23.0. The van der Waals surface area contributed by atoms with Crippen molar-refractivity contribution < 1.29 is 23.8 Å². The third-order valence-electron chi connectivity index (χ3n) is 6.68. The first kappa shape index (κ1) is 28.0. The number of methoxy groups -OCH3 is 1. The maximum Gasteiger partial charge on any atom is 0.243 e. The van der Waals surface area contributed by atoms with E-state index in [0.29, 0.717) is 56.6 Å². The van der Waals surface area contributed by atoms with Gasteiger partial charge in [0.25, 0.3) is 0 Å². The van der Waals surface area contributed by atoms with Gasteiger partial charge >= 0.3 is 0 Å². The first-order valence-electron chi connectivity index (χ1n) is 13.6. The number of carbonyl (C=O) groups is 2. The lowest BCUT2D eigenvalue weighted by Crippen LogP contribution is -2.51. The molecule has 2 amide bonds. The number of nitrogens with one attached hydrogen (secondary N) is 1. The minimum Gasteiger partial charge on any atom is -0.497 e. The van der Waals surface area contributed by atoms with Crippen molar-refractivity contribution in [1.82, 2.24) is 10.2 Å². The minimum atomic E-state index is -0.662. The zero-order chi connectivity index (χ0) is 27.6. The molecule has 1 aliphatic rings. The summed E-state index contributed by atoms with van der Waals surface area (Å²) in [5.41, 5.74) is 2.88. The summed E-state index contributed by atoms with van der Waals surface area (Å²) >= 11 is 0. The first-order chi connectivity index (χ1) is 18.9. The summed E-state index contributed by atoms with van der Waals surface area (Å²) in [5, 5.41) is 3.07. The van der Waals surface area contributed by atoms with Crippen molar-refractivity contribution in [1.29, 1.82) is 0 Å². The number of rotatable bonds is 12. The standard InChI is InChI=1S/C32H38N2O5/c1-23(2)21-33-32(36)28(19-24-8-5-4-6-9-24)34(22-26-10-7-11-27(18-26)37-3)31(35)15-13-25-12-14-29-30(20-25)39-17-16-38-29/h4-12,14,18,20,23,28H,13,15-17,19,21-22H2,1-3H3,(H,33,36)/t28-/m1/s1. The molecule has 4 rings (SSSR count). The Morgan fingerprint density at radius 1 is 0.897 bits per heavy atom. The molecular formula is C32H38N2O5. The van der Waals surface area contributed by atoms with Gasteiger partial charge in [-0.15, -0.1) is 0 Å². The monoisotopic (exact) mass is 530 g/mol. The van der Waals surface area contributed by atoms with E-state index in [-0.39, 0.29) is 18.2 Å². The highest BCUT2D eigenvalue weighted by Gasteiger charge is 2.30. The van der Waals surface area contributed by atoms with Gasteiger partial charge < -0.3 is 24.4 Å². The van der Waals surface area contributed by atoms with Crippen LogP contribution in [0.15, 0.2) is 72.8 Å². The molecule has 7 nitrogen and oxygen atoms in total. The predicted molar refractivity (Wildman–Crippen MR) is 151 cm³/mol. The van der Waals surface area contributed by atoms with E-state index in [1.165, 1.54) is 0 Å². The molecule has 0 spiro atoms. The SMILES string of the molecule is COc1cccc(CN(C(=O)CCc2ccc3c(c2)OCCO3)[C@H](Cc2ccccc2)C(=O)NCC(C)C)c1. The lowest BCUT2D eigenvalue weighted by Gasteiger charge is -2.32. The number of aryl methyl sites for hydroxylation is 1. The topological polar surface area (TPSA) is 77.1 Å². The number of ether oxygens (including phenoxy) is 3. The van der Waals surface area contributed by atoms with Crippen LogP contribution in [-0.2, 0) is 29.0 Å². The molecule has 0 saturated carbocycles. The fourth-order valence-electron chi connectivity index (χ4n) is 4.58. The maximum atomic E-state index is 13.9. The van der Waals surface area contributed by atoms with Crippen molar-refractivity contribution in [2.24, 2.45) is 5.92 Å². The van der Waals surface area contributed by atoms with Gasteiger partial charge in [-0.05, 0) is 53.3 Å². The number of hydrogen-bond donors (Lipinski definition) is 1. The number of fused-ring (bicyclic) bond motifs is 1. The molecule has 0 aliphatic carbocycles. The quantitative estimate of drug-likeness (QED) is 0.364. The lowest BCUT2D eigenvalue weighted by atomic mass is 10.0. The Bertz CT molecular complexity index is 1240. The van der Waals surface area contributed by atoms with E-state index in [4.69, 9.17) is 14.2 Å². The molecule has 1 N–H and O–H groups in total. The van der Waals surface area contributed by atoms with Crippen LogP contribution in [0.25, 0.3) is 0 Å². The second kappa shape index (κ2) is 13.7. The van der Waals surface area contributed by atoms with Crippen molar-refractivity contribution in [3.63, 3.8) is 0 Å². The van der Waals surface area contributed by atoms with E-state index in [1.807, 2.05) is 72.8 Å². The van der Waals surface area contributed by atoms with Gasteiger partial charge in [0, 0.05) is 25.9 Å². The van der Waals surface area contributed by atoms with Gasteiger partial charge in [-0.2, -0.15) is 0 Å². The van der Waals surface area contributed by atoms with Crippen molar-refractivity contribution in [3.05, 3.63) is 89.5 Å². The predicted octanol–water partition coefficient (Wildman–Crippen LogP) is 4.81. The highest BCUT2D eigenvalue weighted by atomic mass is 16.6. The number of nitrogens with zero attached hydrogens (tertiary/aromatic N) is 1. The van der Waals surface area contributed by atoms with Crippen LogP contribution in [0.1, 0.15) is 37.0 Å². The molecule has 39 heavy (non-hydrogen) atoms. The molecule has 1 heterocycles. The largest absolute Gasteiger partial charge is 0.497 e. The number of amides is 2. The van der Waals surface area contributed by atoms with E-state index in [1.54, 1.807) is 12.0 Å². The average Bonchev–Trinajstić information content (AvgIpc) is 2.97. The Morgan fingerprint density at radius 2 is 1.64 bits per heavy atom. The van der Waals surface area contributed by atoms with E-state index >= 15 is 0 Å². The Kier molecular flexibility index (Phi) is 9.84. The third kappa shape index (κ3) is 7.99. The number of carbonyl (C=O) groups excluding carboxylic acids is 2. The molecule has 7 heteroatoms. The third-order valence-corrected chi connectivity index (χ3v) is 6.68. The van der Waals surface area contributed by atoms with Crippen molar-refractivity contribution in [2.45, 2.75) is 45.7 Å². The smallest absolute Gasteiger partial charge is 0.243 e. The summed E-state index contributed by atoms with van der Waals surface area (Å²) in [6.07, 6.45) is 1.20. The normalized spacial score (nSPS) is 13.0. The molecule has 0 saturated heterocycles. The molecule has 0 fully saturated rings. The van der Waals surface area contributed by atoms with Crippen LogP contribution in [0.5, 0.6) is 17.2 Å². The zero-order valence-corrected chi connectivity index (χ0v) is 23.0. The van der Waals surface area contributed by atoms with Gasteiger partial charge in [-0.25, -0.2) is 0 Å². The number of benzene rings is 3. The number of hydrogen-bond acceptors (Lipinski definition) is 5. The second-order valence-corrected chi connectivity index (χ2v) is 10.2. The minimum absolute atomic E-state index is 0.0895. The van der Waals surface area contributed by atoms with Gasteiger partial charge in [-0.3, -0.25) is 9.59 Å². The Morgan fingerprint density at radius 3 is 2.38 bits per heavy atom. The van der Waals surface area contributed by atoms with Crippen LogP contribution in [0.4, 0.5) is 0 Å². The Balaban J connectivity index is 1.60. The van der Waals surface area contributed by atoms with E-state index in [2.05, 4.69) is 19.2 Å². The van der Waals surface area contributed by atoms with Gasteiger partial charge in [0.1, 0.15) is 25.0 Å². The van der Waals surface area contributed by atoms with Crippen LogP contribution >= 0.6 is 0 Å². The van der Waals surface area contributed by atoms with Crippen LogP contribution in [0.3, 0.4) is 0 Å². The summed E-state index contributed by atoms with van der Waals surface area (Å²) in [7, 11) is 1.62. The summed E-state index contributed by atoms with van der Waals surface area (Å²) in [4.78, 5) is 29.2. The van der Waals surface area contributed by atoms with Crippen LogP contribution in [0, 0.1) is 5.92 Å². The summed E-state index contributed by atoms with van der Waals surface area (Å²) in [6, 6.07) is 22.6. The van der Waals surface area contributed by atoms with E-state index in [0.717, 1.165) is 22.4 Å². The molecule has 1 atom stereocenters. The summed E-state index contributed by atoms with van der Waals surface area (Å²) < 4.78 is 16.8. The second-order valence-electron chi connectivity index (χ2n) is 10.2. The van der Waals surface area contributed by atoms with Crippen LogP contribution in [0.2, 0.25) is 0 Å². The Hall–Kier alpha value is -4.00. The molecule has 0 radical (unpaired) electrons. The molecule has 0 aromatic heterocycles. The molecule has 1 aliphatic heterocycles. The van der Waals surface area contributed by atoms with Gasteiger partial charge in [-0.1, -0.05) is 62.4 Å². The molecule has 206 valence electrons. The highest BCUT2D eigenvalue weighted by Crippen LogP contribution is 2.31. The van der Waals surface area contributed by atoms with E-state index in [9.17, 15) is 9.59 Å². The van der Waals surface area contributed by atoms with Crippen LogP contribution in [-0.4, -0.2) is 49.6 Å². The van der Waals surface area contributed by atoms with Crippen molar-refractivity contribution in [2.75, 3.05) is 26.9 Å². The van der Waals surface area contributed by atoms with Crippen molar-refractivity contribution >= 4 is 11.8 Å². The molecule has 3 aromatic rings. The molecular weight excluding hydrogens is 492 g/mol. The maximum absolute atomic E-state index is 13.9. The van der Waals surface area contributed by atoms with Gasteiger partial charge in [0.2, 0.25) is 11.8 Å². The fourth-order valence-corrected chi connectivity index (χ4v) is 4.58. The molecule has 0 bridgehead atoms. The summed E-state index contributed by atoms with van der Waals surface area (Å²) in [5.74, 6) is 2.19. The Labute approximate surface area is 231 Å². The van der Waals surface area contributed by atoms with Crippen molar-refractivity contribution in [3.8, 4) is 17.2 Å². The lowest BCUT2D eigenvalue weighted by molar-refractivity contribution is -0.141. The molecule has 3 aromatic carbocycles. The van der Waals surface area contributed by atoms with E-state index < -0.39 is 6.04 Å². The average molecular weight is 531 g/mol. The fraction of sp³-hybridized carbons (Fsp3) is 0.375. The summed E-state index contributed by atoms with van der Waals surface area (Å²) in [6.45, 7) is 5.99. The highest BCUT2D eigenvalue weighted by molar-refractivity contribution is 5.88.